The molecule has 1 aliphatic carbocycles. The lowest BCUT2D eigenvalue weighted by Crippen LogP contribution is -2.43. The molecule has 0 aromatic carbocycles. The van der Waals surface area contributed by atoms with Crippen LogP contribution in [-0.4, -0.2) is 60.0 Å². The van der Waals surface area contributed by atoms with Gasteiger partial charge in [-0.05, 0) is 46.2 Å². The molecule has 19 heavy (non-hydrogen) atoms. The number of likely N-dealkylation sites (N-methyl/N-ethyl adjacent to an activating group) is 1. The molecule has 2 fully saturated rings. The third-order valence-corrected chi connectivity index (χ3v) is 4.37. The monoisotopic (exact) mass is 268 g/mol. The van der Waals surface area contributed by atoms with Gasteiger partial charge >= 0.3 is 5.97 Å². The van der Waals surface area contributed by atoms with Crippen LogP contribution in [0.1, 0.15) is 32.1 Å². The lowest BCUT2D eigenvalue weighted by Gasteiger charge is -2.29. The Morgan fingerprint density at radius 1 is 1.21 bits per heavy atom. The summed E-state index contributed by atoms with van der Waals surface area (Å²) in [6.07, 6.45) is 4.05. The van der Waals surface area contributed by atoms with Crippen molar-refractivity contribution >= 4 is 11.9 Å². The Kier molecular flexibility index (Phi) is 4.45. The van der Waals surface area contributed by atoms with Crippen LogP contribution in [-0.2, 0) is 9.59 Å². The van der Waals surface area contributed by atoms with E-state index in [1.807, 2.05) is 19.0 Å². The molecule has 1 saturated heterocycles. The van der Waals surface area contributed by atoms with Crippen molar-refractivity contribution in [3.05, 3.63) is 0 Å². The van der Waals surface area contributed by atoms with E-state index in [4.69, 9.17) is 5.11 Å². The second kappa shape index (κ2) is 5.90. The Balaban J connectivity index is 1.94. The number of aliphatic carboxylic acids is 1. The standard InChI is InChI=1S/C14H24N2O3/c1-15(2)9-12-4-3-7-16(12)13(17)10-5-6-11(8-10)14(18)19/h10-12H,3-9H2,1-2H3,(H,18,19). The van der Waals surface area contributed by atoms with E-state index < -0.39 is 5.97 Å². The van der Waals surface area contributed by atoms with Crippen molar-refractivity contribution in [2.75, 3.05) is 27.2 Å². The van der Waals surface area contributed by atoms with Crippen molar-refractivity contribution in [3.8, 4) is 0 Å². The number of carboxylic acid groups (broad SMARTS) is 1. The SMILES string of the molecule is CN(C)CC1CCCN1C(=O)C1CCC(C(=O)O)C1. The number of amides is 1. The summed E-state index contributed by atoms with van der Waals surface area (Å²) in [7, 11) is 4.05. The van der Waals surface area contributed by atoms with Gasteiger partial charge in [0.1, 0.15) is 0 Å². The zero-order valence-electron chi connectivity index (χ0n) is 11.8. The maximum atomic E-state index is 12.5. The van der Waals surface area contributed by atoms with Crippen LogP contribution in [0.2, 0.25) is 0 Å². The van der Waals surface area contributed by atoms with Crippen molar-refractivity contribution in [2.45, 2.75) is 38.1 Å². The summed E-state index contributed by atoms with van der Waals surface area (Å²) >= 11 is 0. The topological polar surface area (TPSA) is 60.9 Å². The first kappa shape index (κ1) is 14.3. The van der Waals surface area contributed by atoms with Gasteiger partial charge in [-0.25, -0.2) is 0 Å². The van der Waals surface area contributed by atoms with Gasteiger partial charge in [0.2, 0.25) is 5.91 Å². The van der Waals surface area contributed by atoms with Crippen LogP contribution in [0.4, 0.5) is 0 Å². The molecule has 1 amide bonds. The molecule has 5 nitrogen and oxygen atoms in total. The Bertz CT molecular complexity index is 357. The van der Waals surface area contributed by atoms with Gasteiger partial charge in [0.05, 0.1) is 5.92 Å². The first-order valence-electron chi connectivity index (χ1n) is 7.17. The van der Waals surface area contributed by atoms with Crippen LogP contribution in [0.25, 0.3) is 0 Å². The molecule has 0 aromatic heterocycles. The maximum Gasteiger partial charge on any atom is 0.306 e. The minimum atomic E-state index is -0.749. The number of likely N-dealkylation sites (tertiary alicyclic amines) is 1. The van der Waals surface area contributed by atoms with Crippen LogP contribution < -0.4 is 0 Å². The first-order valence-corrected chi connectivity index (χ1v) is 7.17. The molecule has 3 unspecified atom stereocenters. The lowest BCUT2D eigenvalue weighted by molar-refractivity contribution is -0.141. The van der Waals surface area contributed by atoms with Crippen molar-refractivity contribution < 1.29 is 14.7 Å². The number of carbonyl (C=O) groups is 2. The minimum absolute atomic E-state index is 0.0659. The van der Waals surface area contributed by atoms with Crippen LogP contribution in [0.5, 0.6) is 0 Å². The average molecular weight is 268 g/mol. The Morgan fingerprint density at radius 3 is 2.47 bits per heavy atom. The molecule has 1 aliphatic heterocycles. The number of hydrogen-bond donors (Lipinski definition) is 1. The Morgan fingerprint density at radius 2 is 1.89 bits per heavy atom. The zero-order chi connectivity index (χ0) is 14.0. The highest BCUT2D eigenvalue weighted by molar-refractivity contribution is 5.81. The fraction of sp³-hybridized carbons (Fsp3) is 0.857. The van der Waals surface area contributed by atoms with Gasteiger partial charge in [-0.2, -0.15) is 0 Å². The average Bonchev–Trinajstić information content (AvgIpc) is 2.95. The highest BCUT2D eigenvalue weighted by atomic mass is 16.4. The van der Waals surface area contributed by atoms with Gasteiger partial charge in [0.15, 0.2) is 0 Å². The van der Waals surface area contributed by atoms with Crippen LogP contribution >= 0.6 is 0 Å². The van der Waals surface area contributed by atoms with Crippen LogP contribution in [0.15, 0.2) is 0 Å². The van der Waals surface area contributed by atoms with E-state index in [0.717, 1.165) is 32.4 Å². The summed E-state index contributed by atoms with van der Waals surface area (Å²) in [5.41, 5.74) is 0. The molecule has 1 N–H and O–H groups in total. The van der Waals surface area contributed by atoms with Crippen LogP contribution in [0, 0.1) is 11.8 Å². The third kappa shape index (κ3) is 3.26. The summed E-state index contributed by atoms with van der Waals surface area (Å²) in [6, 6.07) is 0.311. The second-order valence-corrected chi connectivity index (χ2v) is 6.14. The summed E-state index contributed by atoms with van der Waals surface area (Å²) in [6.45, 7) is 1.74. The number of rotatable bonds is 4. The molecular weight excluding hydrogens is 244 g/mol. The van der Waals surface area contributed by atoms with E-state index in [0.29, 0.717) is 18.9 Å². The van der Waals surface area contributed by atoms with Crippen molar-refractivity contribution in [3.63, 3.8) is 0 Å². The summed E-state index contributed by atoms with van der Waals surface area (Å²) in [5.74, 6) is -0.942. The molecule has 0 spiro atoms. The van der Waals surface area contributed by atoms with E-state index in [9.17, 15) is 9.59 Å². The Labute approximate surface area is 114 Å². The summed E-state index contributed by atoms with van der Waals surface area (Å²) < 4.78 is 0. The minimum Gasteiger partial charge on any atom is -0.481 e. The first-order chi connectivity index (χ1) is 8.99. The molecule has 1 heterocycles. The number of hydrogen-bond acceptors (Lipinski definition) is 3. The predicted molar refractivity (Wildman–Crippen MR) is 71.8 cm³/mol. The fourth-order valence-corrected chi connectivity index (χ4v) is 3.40. The quantitative estimate of drug-likeness (QED) is 0.827. The van der Waals surface area contributed by atoms with Crippen molar-refractivity contribution in [1.82, 2.24) is 9.80 Å². The van der Waals surface area contributed by atoms with Crippen LogP contribution in [0.3, 0.4) is 0 Å². The van der Waals surface area contributed by atoms with E-state index in [1.165, 1.54) is 0 Å². The Hall–Kier alpha value is -1.10. The molecule has 5 heteroatoms. The highest BCUT2D eigenvalue weighted by Gasteiger charge is 2.39. The molecule has 0 aromatic rings. The summed E-state index contributed by atoms with van der Waals surface area (Å²) in [5, 5.41) is 9.02. The zero-order valence-corrected chi connectivity index (χ0v) is 11.8. The molecule has 0 radical (unpaired) electrons. The van der Waals surface area contributed by atoms with Crippen molar-refractivity contribution in [1.29, 1.82) is 0 Å². The number of carbonyl (C=O) groups excluding carboxylic acids is 1. The highest BCUT2D eigenvalue weighted by Crippen LogP contribution is 2.34. The second-order valence-electron chi connectivity index (χ2n) is 6.14. The maximum absolute atomic E-state index is 12.5. The fourth-order valence-electron chi connectivity index (χ4n) is 3.40. The number of carboxylic acids is 1. The van der Waals surface area contributed by atoms with Gasteiger partial charge in [-0.1, -0.05) is 0 Å². The van der Waals surface area contributed by atoms with Gasteiger partial charge in [-0.15, -0.1) is 0 Å². The smallest absolute Gasteiger partial charge is 0.306 e. The van der Waals surface area contributed by atoms with E-state index in [1.54, 1.807) is 0 Å². The van der Waals surface area contributed by atoms with Crippen molar-refractivity contribution in [2.24, 2.45) is 11.8 Å². The lowest BCUT2D eigenvalue weighted by atomic mass is 10.0. The third-order valence-electron chi connectivity index (χ3n) is 4.37. The van der Waals surface area contributed by atoms with E-state index in [-0.39, 0.29) is 17.7 Å². The molecule has 108 valence electrons. The number of nitrogens with zero attached hydrogens (tertiary/aromatic N) is 2. The molecule has 3 atom stereocenters. The summed E-state index contributed by atoms with van der Waals surface area (Å²) in [4.78, 5) is 27.6. The molecule has 0 bridgehead atoms. The van der Waals surface area contributed by atoms with Gasteiger partial charge in [0.25, 0.3) is 0 Å². The van der Waals surface area contributed by atoms with Gasteiger partial charge in [0, 0.05) is 25.0 Å². The van der Waals surface area contributed by atoms with E-state index in [2.05, 4.69) is 4.90 Å². The van der Waals surface area contributed by atoms with Gasteiger partial charge < -0.3 is 14.9 Å². The molecular formula is C14H24N2O3. The normalized spacial score (nSPS) is 31.1. The molecule has 1 saturated carbocycles. The predicted octanol–water partition coefficient (Wildman–Crippen LogP) is 1.04. The van der Waals surface area contributed by atoms with Gasteiger partial charge in [-0.3, -0.25) is 9.59 Å². The van der Waals surface area contributed by atoms with E-state index >= 15 is 0 Å². The molecule has 2 aliphatic rings. The molecule has 2 rings (SSSR count). The largest absolute Gasteiger partial charge is 0.481 e.